The van der Waals surface area contributed by atoms with Crippen LogP contribution in [0.5, 0.6) is 0 Å². The Bertz CT molecular complexity index is 499. The molecule has 1 rings (SSSR count). The van der Waals surface area contributed by atoms with Crippen molar-refractivity contribution >= 4 is 33.0 Å². The van der Waals surface area contributed by atoms with E-state index in [1.807, 2.05) is 0 Å². The molecule has 1 aromatic carbocycles. The molecule has 2 nitrogen and oxygen atoms in total. The van der Waals surface area contributed by atoms with Gasteiger partial charge in [-0.25, -0.2) is 12.8 Å². The lowest BCUT2D eigenvalue weighted by atomic mass is 9.81. The number of hydrogen-bond acceptors (Lipinski definition) is 2. The number of rotatable bonds is 6. The second kappa shape index (κ2) is 6.22. The van der Waals surface area contributed by atoms with Gasteiger partial charge < -0.3 is 0 Å². The highest BCUT2D eigenvalue weighted by atomic mass is 35.5. The third-order valence-electron chi connectivity index (χ3n) is 2.90. The first-order valence-corrected chi connectivity index (χ1v) is 8.52. The summed E-state index contributed by atoms with van der Waals surface area (Å²) in [6.45, 7) is 0. The van der Waals surface area contributed by atoms with Crippen LogP contribution in [-0.2, 0) is 15.3 Å². The minimum absolute atomic E-state index is 0.0248. The van der Waals surface area contributed by atoms with Gasteiger partial charge in [-0.3, -0.25) is 0 Å². The molecule has 102 valence electrons. The zero-order valence-corrected chi connectivity index (χ0v) is 12.3. The maximum atomic E-state index is 13.2. The van der Waals surface area contributed by atoms with Crippen molar-refractivity contribution in [3.8, 4) is 0 Å². The zero-order valence-electron chi connectivity index (χ0n) is 10.00. The van der Waals surface area contributed by atoms with Crippen LogP contribution in [0.3, 0.4) is 0 Å². The van der Waals surface area contributed by atoms with E-state index >= 15 is 0 Å². The van der Waals surface area contributed by atoms with E-state index < -0.39 is 15.3 Å². The first kappa shape index (κ1) is 15.7. The van der Waals surface area contributed by atoms with E-state index in [2.05, 4.69) is 0 Å². The van der Waals surface area contributed by atoms with Gasteiger partial charge in [0.2, 0.25) is 0 Å². The van der Waals surface area contributed by atoms with E-state index in [1.54, 1.807) is 12.1 Å². The summed E-state index contributed by atoms with van der Waals surface area (Å²) >= 11 is 11.9. The molecule has 0 spiro atoms. The Labute approximate surface area is 117 Å². The van der Waals surface area contributed by atoms with Gasteiger partial charge in [-0.2, -0.15) is 0 Å². The molecule has 0 radical (unpaired) electrons. The molecule has 0 atom stereocenters. The molecule has 0 N–H and O–H groups in total. The highest BCUT2D eigenvalue weighted by molar-refractivity contribution is 7.90. The smallest absolute Gasteiger partial charge is 0.147 e. The van der Waals surface area contributed by atoms with Crippen LogP contribution in [0.4, 0.5) is 4.39 Å². The van der Waals surface area contributed by atoms with Crippen molar-refractivity contribution in [3.05, 3.63) is 35.6 Å². The summed E-state index contributed by atoms with van der Waals surface area (Å²) in [5.74, 6) is -0.111. The van der Waals surface area contributed by atoms with Gasteiger partial charge in [0.15, 0.2) is 0 Å². The van der Waals surface area contributed by atoms with Crippen LogP contribution < -0.4 is 0 Å². The predicted octanol–water partition coefficient (Wildman–Crippen LogP) is 2.98. The van der Waals surface area contributed by atoms with Gasteiger partial charge in [0.25, 0.3) is 0 Å². The van der Waals surface area contributed by atoms with Crippen molar-refractivity contribution in [1.29, 1.82) is 0 Å². The molecule has 1 aromatic rings. The fourth-order valence-electron chi connectivity index (χ4n) is 1.67. The van der Waals surface area contributed by atoms with Gasteiger partial charge >= 0.3 is 0 Å². The summed E-state index contributed by atoms with van der Waals surface area (Å²) in [5.41, 5.74) is -0.0787. The van der Waals surface area contributed by atoms with Gasteiger partial charge in [0, 0.05) is 23.4 Å². The molecule has 0 aliphatic carbocycles. The molecule has 6 heteroatoms. The summed E-state index contributed by atoms with van der Waals surface area (Å²) in [7, 11) is -3.11. The van der Waals surface area contributed by atoms with Crippen LogP contribution >= 0.6 is 23.2 Å². The normalized spacial score (nSPS) is 12.7. The third-order valence-corrected chi connectivity index (χ3v) is 4.87. The standard InChI is InChI=1S/C12H15Cl2FO2S/c1-18(16,17)6-5-12(8-13,9-14)10-3-2-4-11(15)7-10/h2-4,7H,5-6,8-9H2,1H3. The molecule has 0 saturated heterocycles. The Hall–Kier alpha value is -0.320. The lowest BCUT2D eigenvalue weighted by Gasteiger charge is -2.30. The van der Waals surface area contributed by atoms with Crippen molar-refractivity contribution < 1.29 is 12.8 Å². The molecule has 0 fully saturated rings. The maximum absolute atomic E-state index is 13.2. The third kappa shape index (κ3) is 4.11. The topological polar surface area (TPSA) is 34.1 Å². The summed E-state index contributed by atoms with van der Waals surface area (Å²) in [6, 6.07) is 5.97. The number of sulfone groups is 1. The Kier molecular flexibility index (Phi) is 5.44. The van der Waals surface area contributed by atoms with Gasteiger partial charge in [-0.15, -0.1) is 23.2 Å². The minimum Gasteiger partial charge on any atom is -0.229 e. The van der Waals surface area contributed by atoms with E-state index in [9.17, 15) is 12.8 Å². The Morgan fingerprint density at radius 2 is 1.89 bits per heavy atom. The summed E-state index contributed by atoms with van der Waals surface area (Å²) < 4.78 is 35.7. The van der Waals surface area contributed by atoms with E-state index in [0.29, 0.717) is 5.56 Å². The minimum atomic E-state index is -3.11. The van der Waals surface area contributed by atoms with Crippen LogP contribution in [0, 0.1) is 5.82 Å². The van der Waals surface area contributed by atoms with Crippen LogP contribution in [-0.4, -0.2) is 32.2 Å². The summed E-state index contributed by atoms with van der Waals surface area (Å²) in [4.78, 5) is 0. The van der Waals surface area contributed by atoms with E-state index in [-0.39, 0.29) is 29.8 Å². The largest absolute Gasteiger partial charge is 0.229 e. The van der Waals surface area contributed by atoms with Crippen molar-refractivity contribution in [2.45, 2.75) is 11.8 Å². The summed E-state index contributed by atoms with van der Waals surface area (Å²) in [6.07, 6.45) is 1.44. The molecule has 0 aliphatic heterocycles. The fraction of sp³-hybridized carbons (Fsp3) is 0.500. The fourth-order valence-corrected chi connectivity index (χ4v) is 3.29. The second-order valence-electron chi connectivity index (χ2n) is 4.44. The molecule has 0 bridgehead atoms. The highest BCUT2D eigenvalue weighted by Crippen LogP contribution is 2.32. The molecular formula is C12H15Cl2FO2S. The number of benzene rings is 1. The quantitative estimate of drug-likeness (QED) is 0.757. The van der Waals surface area contributed by atoms with Crippen LogP contribution in [0.2, 0.25) is 0 Å². The molecule has 0 heterocycles. The van der Waals surface area contributed by atoms with Crippen molar-refractivity contribution in [3.63, 3.8) is 0 Å². The Morgan fingerprint density at radius 1 is 1.28 bits per heavy atom. The van der Waals surface area contributed by atoms with Crippen LogP contribution in [0.15, 0.2) is 24.3 Å². The second-order valence-corrected chi connectivity index (χ2v) is 7.23. The molecule has 18 heavy (non-hydrogen) atoms. The first-order chi connectivity index (χ1) is 8.33. The monoisotopic (exact) mass is 312 g/mol. The highest BCUT2D eigenvalue weighted by Gasteiger charge is 2.32. The van der Waals surface area contributed by atoms with Crippen LogP contribution in [0.1, 0.15) is 12.0 Å². The van der Waals surface area contributed by atoms with Gasteiger partial charge in [-0.1, -0.05) is 12.1 Å². The van der Waals surface area contributed by atoms with E-state index in [1.165, 1.54) is 12.1 Å². The summed E-state index contributed by atoms with van der Waals surface area (Å²) in [5, 5.41) is 0. The molecular weight excluding hydrogens is 298 g/mol. The van der Waals surface area contributed by atoms with Gasteiger partial charge in [0.1, 0.15) is 15.7 Å². The molecule has 0 aliphatic rings. The Balaban J connectivity index is 3.07. The first-order valence-electron chi connectivity index (χ1n) is 5.39. The maximum Gasteiger partial charge on any atom is 0.147 e. The average Bonchev–Trinajstić information content (AvgIpc) is 2.30. The SMILES string of the molecule is CS(=O)(=O)CCC(CCl)(CCl)c1cccc(F)c1. The lowest BCUT2D eigenvalue weighted by molar-refractivity contribution is 0.507. The van der Waals surface area contributed by atoms with Crippen molar-refractivity contribution in [2.24, 2.45) is 0 Å². The van der Waals surface area contributed by atoms with Crippen LogP contribution in [0.25, 0.3) is 0 Å². The van der Waals surface area contributed by atoms with Gasteiger partial charge in [0.05, 0.1) is 5.75 Å². The number of halogens is 3. The van der Waals surface area contributed by atoms with Gasteiger partial charge in [-0.05, 0) is 24.1 Å². The molecule has 0 aromatic heterocycles. The average molecular weight is 313 g/mol. The van der Waals surface area contributed by atoms with Crippen molar-refractivity contribution in [2.75, 3.05) is 23.8 Å². The number of hydrogen-bond donors (Lipinski definition) is 0. The molecule has 0 saturated carbocycles. The lowest BCUT2D eigenvalue weighted by Crippen LogP contribution is -2.33. The van der Waals surface area contributed by atoms with E-state index in [4.69, 9.17) is 23.2 Å². The molecule has 0 unspecified atom stereocenters. The van der Waals surface area contributed by atoms with E-state index in [0.717, 1.165) is 6.26 Å². The zero-order chi connectivity index (χ0) is 13.8. The molecule has 0 amide bonds. The predicted molar refractivity (Wildman–Crippen MR) is 73.8 cm³/mol. The number of alkyl halides is 2. The van der Waals surface area contributed by atoms with Crippen molar-refractivity contribution in [1.82, 2.24) is 0 Å². The Morgan fingerprint density at radius 3 is 2.33 bits per heavy atom.